The molecule has 676 valence electrons. The van der Waals surface area contributed by atoms with E-state index in [-0.39, 0.29) is 13.4 Å². The summed E-state index contributed by atoms with van der Waals surface area (Å²) in [5, 5.41) is 0. The molecule has 0 saturated carbocycles. The van der Waals surface area contributed by atoms with E-state index in [0.717, 1.165) is 124 Å². The van der Waals surface area contributed by atoms with Gasteiger partial charge in [-0.3, -0.25) is 0 Å². The normalized spacial score (nSPS) is 12.5. The van der Waals surface area contributed by atoms with Crippen LogP contribution in [0.5, 0.6) is 0 Å². The molecule has 0 spiro atoms. The van der Waals surface area contributed by atoms with Gasteiger partial charge in [-0.1, -0.05) is 303 Å². The van der Waals surface area contributed by atoms with Crippen molar-refractivity contribution in [1.82, 2.24) is 0 Å². The Morgan fingerprint density at radius 3 is 0.780 bits per heavy atom. The van der Waals surface area contributed by atoms with Crippen molar-refractivity contribution >= 4 is 132 Å². The molecule has 5 nitrogen and oxygen atoms in total. The molecular formula is C134H109B2N5. The van der Waals surface area contributed by atoms with E-state index in [0.29, 0.717) is 0 Å². The maximum atomic E-state index is 2.76. The van der Waals surface area contributed by atoms with Crippen molar-refractivity contribution in [3.8, 4) is 100 Å². The van der Waals surface area contributed by atoms with Gasteiger partial charge in [0, 0.05) is 85.1 Å². The quantitative estimate of drug-likeness (QED) is 0.0894. The lowest BCUT2D eigenvalue weighted by Crippen LogP contribution is -2.65. The van der Waals surface area contributed by atoms with Crippen LogP contribution in [0, 0.1) is 96.9 Å². The van der Waals surface area contributed by atoms with E-state index in [4.69, 9.17) is 0 Å². The first kappa shape index (κ1) is 87.3. The monoisotopic (exact) mass is 1810 g/mol. The topological polar surface area (TPSA) is 16.2 Å². The second kappa shape index (κ2) is 34.9. The van der Waals surface area contributed by atoms with E-state index in [1.54, 1.807) is 0 Å². The number of nitrogens with zero attached hydrogens (tertiary/aromatic N) is 5. The average Bonchev–Trinajstić information content (AvgIpc) is 0.674. The van der Waals surface area contributed by atoms with E-state index in [2.05, 4.69) is 528 Å². The molecule has 0 N–H and O–H groups in total. The van der Waals surface area contributed by atoms with Crippen LogP contribution < -0.4 is 57.3 Å². The number of para-hydroxylation sites is 2. The lowest BCUT2D eigenvalue weighted by Gasteiger charge is -2.48. The van der Waals surface area contributed by atoms with Crippen LogP contribution in [0.15, 0.2) is 406 Å². The van der Waals surface area contributed by atoms with Crippen LogP contribution in [0.1, 0.15) is 77.9 Å². The SMILES string of the molecule is Cc1cccc(C)c1-c1ccc(N(c2ccc(-c3c(C)cccc3C)cc2)c2cc3c4c(c2)N(c2ccccc2)c2cc5c(cc2B4c2ccc(-c4c(C)cccc4C)cc2N3c2cccc(-c3c(C)cccc3C)c2)B2c3ccc(-c4c(C)cccc4C)cc3N(c3cccc(-c4c(C)cccc4C)c3)c3cc(-c4c(C)cccc4C)cc(c32)N5c2c(-c3ccccc3)cccc2-c2ccccc2)cc1. The van der Waals surface area contributed by atoms with Gasteiger partial charge < -0.3 is 24.5 Å². The zero-order valence-corrected chi connectivity index (χ0v) is 82.6. The highest BCUT2D eigenvalue weighted by molar-refractivity contribution is 7.03. The summed E-state index contributed by atoms with van der Waals surface area (Å²) in [7, 11) is 0. The predicted octanol–water partition coefficient (Wildman–Crippen LogP) is 32.6. The highest BCUT2D eigenvalue weighted by Gasteiger charge is 2.50. The molecule has 20 aromatic rings. The van der Waals surface area contributed by atoms with E-state index >= 15 is 0 Å². The summed E-state index contributed by atoms with van der Waals surface area (Å²) >= 11 is 0. The third-order valence-electron chi connectivity index (χ3n) is 30.8. The molecule has 0 saturated heterocycles. The standard InChI is InChI=1S/C134H109B2N5/c1-82-34-24-35-83(2)125(82)98-60-66-106(67-61-98)137(107-68-62-99(63-69-107)126-84(3)36-25-37-85(126)4)110-78-123-133-124(79-110)140(109-57-32-53-101(73-109)128-88(7)40-27-41-89(128)8)118-75-103(130-92(11)44-29-45-93(130)12)65-71-114(118)135(133)115-80-116-120(81-119(115)138(123)105-54-22-17-23-55-105)141(134-111(96-48-18-15-19-49-96)58-33-59-112(134)97-50-20-16-21-51-97)122-77-104(131-94(13)46-30-47-95(131)14)76-121-132(122)136(116)113-70-64-102(129-90(9)42-28-43-91(129)10)74-117(113)139(121)108-56-31-52-100(72-108)127-86(5)38-26-39-87(127)6/h15-81H,1-14H3. The zero-order valence-electron chi connectivity index (χ0n) is 82.6. The van der Waals surface area contributed by atoms with Crippen LogP contribution in [0.25, 0.3) is 100 Å². The molecule has 4 heterocycles. The fourth-order valence-corrected chi connectivity index (χ4v) is 24.7. The first-order valence-electron chi connectivity index (χ1n) is 49.7. The summed E-state index contributed by atoms with van der Waals surface area (Å²) in [5.41, 5.74) is 62.1. The fraction of sp³-hybridized carbons (Fsp3) is 0.104. The average molecular weight is 1810 g/mol. The molecule has 0 unspecified atom stereocenters. The molecule has 4 aliphatic heterocycles. The van der Waals surface area contributed by atoms with Crippen molar-refractivity contribution in [2.75, 3.05) is 24.5 Å². The molecule has 0 amide bonds. The summed E-state index contributed by atoms with van der Waals surface area (Å²) < 4.78 is 0. The van der Waals surface area contributed by atoms with Gasteiger partial charge in [-0.05, 0) is 400 Å². The van der Waals surface area contributed by atoms with Gasteiger partial charge in [0.1, 0.15) is 0 Å². The Morgan fingerprint density at radius 2 is 0.418 bits per heavy atom. The molecule has 0 aromatic heterocycles. The third kappa shape index (κ3) is 14.6. The largest absolute Gasteiger partial charge is 0.311 e. The number of hydrogen-bond acceptors (Lipinski definition) is 5. The summed E-state index contributed by atoms with van der Waals surface area (Å²) in [6.45, 7) is 31.1. The number of aryl methyl sites for hydroxylation is 14. The molecule has 24 rings (SSSR count). The lowest BCUT2D eigenvalue weighted by atomic mass is 9.30. The molecule has 0 bridgehead atoms. The molecular weight excluding hydrogens is 1700 g/mol. The van der Waals surface area contributed by atoms with Crippen LogP contribution >= 0.6 is 0 Å². The van der Waals surface area contributed by atoms with Crippen LogP contribution in [-0.2, 0) is 0 Å². The van der Waals surface area contributed by atoms with Gasteiger partial charge >= 0.3 is 0 Å². The number of rotatable bonds is 16. The van der Waals surface area contributed by atoms with Gasteiger partial charge in [0.05, 0.1) is 11.4 Å². The summed E-state index contributed by atoms with van der Waals surface area (Å²) in [6, 6.07) is 157. The Labute approximate surface area is 831 Å². The van der Waals surface area contributed by atoms with Crippen molar-refractivity contribution in [3.05, 3.63) is 484 Å². The Balaban J connectivity index is 0.865. The minimum Gasteiger partial charge on any atom is -0.311 e. The van der Waals surface area contributed by atoms with Gasteiger partial charge in [-0.25, -0.2) is 0 Å². The fourth-order valence-electron chi connectivity index (χ4n) is 24.7. The lowest BCUT2D eigenvalue weighted by molar-refractivity contribution is 1.22. The molecule has 0 radical (unpaired) electrons. The number of anilines is 15. The van der Waals surface area contributed by atoms with E-state index in [1.807, 2.05) is 0 Å². The van der Waals surface area contributed by atoms with Crippen LogP contribution in [0.2, 0.25) is 0 Å². The second-order valence-electron chi connectivity index (χ2n) is 39.7. The molecule has 141 heavy (non-hydrogen) atoms. The van der Waals surface area contributed by atoms with E-state index in [9.17, 15) is 0 Å². The number of benzene rings is 20. The summed E-state index contributed by atoms with van der Waals surface area (Å²) in [5.74, 6) is 0. The smallest absolute Gasteiger partial charge is 0.252 e. The summed E-state index contributed by atoms with van der Waals surface area (Å²) in [4.78, 5) is 13.3. The van der Waals surface area contributed by atoms with Gasteiger partial charge in [0.15, 0.2) is 0 Å². The van der Waals surface area contributed by atoms with Crippen molar-refractivity contribution < 1.29 is 0 Å². The van der Waals surface area contributed by atoms with Gasteiger partial charge in [0.25, 0.3) is 13.4 Å². The van der Waals surface area contributed by atoms with Gasteiger partial charge in [-0.2, -0.15) is 0 Å². The van der Waals surface area contributed by atoms with Crippen molar-refractivity contribution in [1.29, 1.82) is 0 Å². The van der Waals surface area contributed by atoms with Crippen molar-refractivity contribution in [3.63, 3.8) is 0 Å². The Hall–Kier alpha value is -16.5. The molecule has 0 atom stereocenters. The molecule has 0 fully saturated rings. The maximum absolute atomic E-state index is 2.76. The van der Waals surface area contributed by atoms with Crippen LogP contribution in [-0.4, -0.2) is 13.4 Å². The molecule has 20 aromatic carbocycles. The molecule has 4 aliphatic rings. The Bertz CT molecular complexity index is 8190. The maximum Gasteiger partial charge on any atom is 0.252 e. The van der Waals surface area contributed by atoms with E-state index in [1.165, 1.54) is 172 Å². The predicted molar refractivity (Wildman–Crippen MR) is 604 cm³/mol. The minimum absolute atomic E-state index is 0.356. The van der Waals surface area contributed by atoms with Gasteiger partial charge in [0.2, 0.25) is 0 Å². The van der Waals surface area contributed by atoms with Gasteiger partial charge in [-0.15, -0.1) is 0 Å². The van der Waals surface area contributed by atoms with Crippen molar-refractivity contribution in [2.24, 2.45) is 0 Å². The van der Waals surface area contributed by atoms with Crippen LogP contribution in [0.3, 0.4) is 0 Å². The van der Waals surface area contributed by atoms with E-state index < -0.39 is 0 Å². The third-order valence-corrected chi connectivity index (χ3v) is 30.8. The zero-order chi connectivity index (χ0) is 96.0. The first-order chi connectivity index (χ1) is 68.8. The Kier molecular flexibility index (Phi) is 21.6. The highest BCUT2D eigenvalue weighted by atomic mass is 15.2. The van der Waals surface area contributed by atoms with Crippen LogP contribution in [0.4, 0.5) is 85.3 Å². The minimum atomic E-state index is -0.373. The number of hydrogen-bond donors (Lipinski definition) is 0. The summed E-state index contributed by atoms with van der Waals surface area (Å²) in [6.07, 6.45) is 0. The first-order valence-corrected chi connectivity index (χ1v) is 49.7. The highest BCUT2D eigenvalue weighted by Crippen LogP contribution is 2.57. The Morgan fingerprint density at radius 1 is 0.163 bits per heavy atom. The molecule has 0 aliphatic carbocycles. The number of fused-ring (bicyclic) bond motifs is 8. The molecule has 7 heteroatoms. The van der Waals surface area contributed by atoms with Crippen molar-refractivity contribution in [2.45, 2.75) is 96.9 Å². The second-order valence-corrected chi connectivity index (χ2v) is 39.7.